The maximum Gasteiger partial charge on any atom is 0.115 e. The molecule has 1 aromatic carbocycles. The molecule has 15 heavy (non-hydrogen) atoms. The van der Waals surface area contributed by atoms with Crippen molar-refractivity contribution in [2.75, 3.05) is 6.54 Å². The van der Waals surface area contributed by atoms with E-state index in [1.165, 1.54) is 30.4 Å². The van der Waals surface area contributed by atoms with Gasteiger partial charge in [0, 0.05) is 6.04 Å². The van der Waals surface area contributed by atoms with Crippen molar-refractivity contribution in [3.63, 3.8) is 0 Å². The summed E-state index contributed by atoms with van der Waals surface area (Å²) in [6.45, 7) is 2.83. The molecule has 0 amide bonds. The van der Waals surface area contributed by atoms with Crippen LogP contribution in [0.15, 0.2) is 18.2 Å². The van der Waals surface area contributed by atoms with E-state index in [9.17, 15) is 4.39 Å². The number of nitrogens with one attached hydrogen (secondary N) is 1. The topological polar surface area (TPSA) is 12.0 Å². The minimum Gasteiger partial charge on any atom is -0.310 e. The van der Waals surface area contributed by atoms with Crippen LogP contribution in [0.1, 0.15) is 42.0 Å². The molecule has 1 N–H and O–H groups in total. The van der Waals surface area contributed by atoms with Gasteiger partial charge in [-0.25, -0.2) is 4.39 Å². The number of hydrogen-bond donors (Lipinski definition) is 1. The average molecular weight is 207 g/mol. The van der Waals surface area contributed by atoms with Crippen LogP contribution in [-0.4, -0.2) is 6.54 Å². The normalized spacial score (nSPS) is 21.6. The van der Waals surface area contributed by atoms with Crippen molar-refractivity contribution in [2.45, 2.75) is 38.9 Å². The molecule has 1 heterocycles. The Bertz CT molecular complexity index is 329. The molecule has 82 valence electrons. The van der Waals surface area contributed by atoms with Gasteiger partial charge in [0.25, 0.3) is 0 Å². The van der Waals surface area contributed by atoms with E-state index in [0.717, 1.165) is 12.1 Å². The Kier molecular flexibility index (Phi) is 3.37. The van der Waals surface area contributed by atoms with E-state index in [4.69, 9.17) is 0 Å². The number of rotatable bonds is 2. The number of piperidine rings is 1. The highest BCUT2D eigenvalue weighted by atomic mass is 19.1. The van der Waals surface area contributed by atoms with Crippen molar-refractivity contribution in [3.05, 3.63) is 34.9 Å². The monoisotopic (exact) mass is 207 g/mol. The van der Waals surface area contributed by atoms with E-state index in [0.29, 0.717) is 6.04 Å². The third-order valence-electron chi connectivity index (χ3n) is 3.18. The smallest absolute Gasteiger partial charge is 0.115 e. The third-order valence-corrected chi connectivity index (χ3v) is 3.18. The van der Waals surface area contributed by atoms with E-state index < -0.39 is 0 Å². The highest BCUT2D eigenvalue weighted by molar-refractivity contribution is 5.33. The summed E-state index contributed by atoms with van der Waals surface area (Å²) in [5, 5.41) is 3.51. The first-order valence-corrected chi connectivity index (χ1v) is 5.70. The Morgan fingerprint density at radius 3 is 2.93 bits per heavy atom. The lowest BCUT2D eigenvalue weighted by Crippen LogP contribution is -2.27. The third kappa shape index (κ3) is 2.37. The molecular formula is C13H18FN. The van der Waals surface area contributed by atoms with Crippen LogP contribution in [0.2, 0.25) is 0 Å². The largest absolute Gasteiger partial charge is 0.310 e. The Hall–Kier alpha value is -0.890. The van der Waals surface area contributed by atoms with Gasteiger partial charge in [-0.2, -0.15) is 0 Å². The summed E-state index contributed by atoms with van der Waals surface area (Å²) < 4.78 is 12.6. The highest BCUT2D eigenvalue weighted by Crippen LogP contribution is 2.26. The van der Waals surface area contributed by atoms with Crippen molar-refractivity contribution in [1.82, 2.24) is 5.32 Å². The van der Waals surface area contributed by atoms with Crippen molar-refractivity contribution in [2.24, 2.45) is 0 Å². The SMILES string of the molecule is Cc1ccc(CF)cc1C1CCCCN1. The minimum atomic E-state index is -0.361. The molecule has 2 rings (SSSR count). The van der Waals surface area contributed by atoms with Gasteiger partial charge in [0.05, 0.1) is 0 Å². The van der Waals surface area contributed by atoms with Crippen LogP contribution in [0.5, 0.6) is 0 Å². The summed E-state index contributed by atoms with van der Waals surface area (Å²) in [5.74, 6) is 0. The Morgan fingerprint density at radius 1 is 1.40 bits per heavy atom. The predicted molar refractivity (Wildman–Crippen MR) is 60.6 cm³/mol. The zero-order chi connectivity index (χ0) is 10.7. The van der Waals surface area contributed by atoms with Gasteiger partial charge < -0.3 is 5.32 Å². The second-order valence-corrected chi connectivity index (χ2v) is 4.33. The fourth-order valence-electron chi connectivity index (χ4n) is 2.27. The first-order chi connectivity index (χ1) is 7.31. The first-order valence-electron chi connectivity index (χ1n) is 5.70. The fraction of sp³-hybridized carbons (Fsp3) is 0.538. The van der Waals surface area contributed by atoms with Crippen molar-refractivity contribution < 1.29 is 4.39 Å². The van der Waals surface area contributed by atoms with Crippen LogP contribution >= 0.6 is 0 Å². The standard InChI is InChI=1S/C13H18FN/c1-10-5-6-11(9-14)8-12(10)13-4-2-3-7-15-13/h5-6,8,13,15H,2-4,7,9H2,1H3. The molecule has 0 bridgehead atoms. The van der Waals surface area contributed by atoms with E-state index >= 15 is 0 Å². The van der Waals surface area contributed by atoms with Gasteiger partial charge in [-0.3, -0.25) is 0 Å². The number of benzene rings is 1. The average Bonchev–Trinajstić information content (AvgIpc) is 2.31. The summed E-state index contributed by atoms with van der Waals surface area (Å²) in [6.07, 6.45) is 3.71. The van der Waals surface area contributed by atoms with Gasteiger partial charge in [-0.05, 0) is 43.0 Å². The molecule has 0 saturated carbocycles. The molecule has 1 aromatic rings. The Morgan fingerprint density at radius 2 is 2.27 bits per heavy atom. The van der Waals surface area contributed by atoms with Crippen LogP contribution in [0.3, 0.4) is 0 Å². The van der Waals surface area contributed by atoms with Crippen molar-refractivity contribution in [1.29, 1.82) is 0 Å². The second kappa shape index (κ2) is 4.75. The van der Waals surface area contributed by atoms with Gasteiger partial charge in [0.1, 0.15) is 6.67 Å². The van der Waals surface area contributed by atoms with E-state index in [2.05, 4.69) is 12.2 Å². The second-order valence-electron chi connectivity index (χ2n) is 4.33. The van der Waals surface area contributed by atoms with Gasteiger partial charge in [-0.1, -0.05) is 24.6 Å². The van der Waals surface area contributed by atoms with Crippen molar-refractivity contribution >= 4 is 0 Å². The van der Waals surface area contributed by atoms with E-state index in [1.807, 2.05) is 18.2 Å². The number of halogens is 1. The molecule has 0 aliphatic carbocycles. The molecule has 1 aliphatic heterocycles. The molecule has 1 fully saturated rings. The Balaban J connectivity index is 2.24. The molecule has 1 atom stereocenters. The lowest BCUT2D eigenvalue weighted by Gasteiger charge is -2.25. The van der Waals surface area contributed by atoms with Crippen molar-refractivity contribution in [3.8, 4) is 0 Å². The zero-order valence-electron chi connectivity index (χ0n) is 9.22. The lowest BCUT2D eigenvalue weighted by atomic mass is 9.93. The summed E-state index contributed by atoms with van der Waals surface area (Å²) in [4.78, 5) is 0. The van der Waals surface area contributed by atoms with Crippen LogP contribution < -0.4 is 5.32 Å². The van der Waals surface area contributed by atoms with Gasteiger partial charge in [0.2, 0.25) is 0 Å². The number of alkyl halides is 1. The summed E-state index contributed by atoms with van der Waals surface area (Å²) >= 11 is 0. The van der Waals surface area contributed by atoms with Crippen LogP contribution in [0, 0.1) is 6.92 Å². The zero-order valence-corrected chi connectivity index (χ0v) is 9.22. The molecule has 1 aliphatic rings. The maximum atomic E-state index is 12.6. The molecule has 0 spiro atoms. The molecule has 1 saturated heterocycles. The molecular weight excluding hydrogens is 189 g/mol. The highest BCUT2D eigenvalue weighted by Gasteiger charge is 2.16. The van der Waals surface area contributed by atoms with E-state index in [-0.39, 0.29) is 6.67 Å². The summed E-state index contributed by atoms with van der Waals surface area (Å²) in [7, 11) is 0. The molecule has 1 unspecified atom stereocenters. The van der Waals surface area contributed by atoms with Gasteiger partial charge in [0.15, 0.2) is 0 Å². The lowest BCUT2D eigenvalue weighted by molar-refractivity contribution is 0.410. The fourth-order valence-corrected chi connectivity index (χ4v) is 2.27. The number of hydrogen-bond acceptors (Lipinski definition) is 1. The number of aryl methyl sites for hydroxylation is 1. The Labute approximate surface area is 90.7 Å². The minimum absolute atomic E-state index is 0.361. The molecule has 2 heteroatoms. The van der Waals surface area contributed by atoms with Gasteiger partial charge in [-0.15, -0.1) is 0 Å². The van der Waals surface area contributed by atoms with Crippen LogP contribution in [-0.2, 0) is 6.67 Å². The van der Waals surface area contributed by atoms with Crippen LogP contribution in [0.25, 0.3) is 0 Å². The molecule has 0 aromatic heterocycles. The summed E-state index contributed by atoms with van der Waals surface area (Å²) in [5.41, 5.74) is 3.35. The quantitative estimate of drug-likeness (QED) is 0.784. The maximum absolute atomic E-state index is 12.6. The molecule has 0 radical (unpaired) electrons. The van der Waals surface area contributed by atoms with Crippen LogP contribution in [0.4, 0.5) is 4.39 Å². The predicted octanol–water partition coefficient (Wildman–Crippen LogP) is 3.28. The van der Waals surface area contributed by atoms with Gasteiger partial charge >= 0.3 is 0 Å². The van der Waals surface area contributed by atoms with E-state index in [1.54, 1.807) is 0 Å². The summed E-state index contributed by atoms with van der Waals surface area (Å²) in [6, 6.07) is 6.35. The first kappa shape index (κ1) is 10.6. The molecule has 1 nitrogen and oxygen atoms in total.